The minimum atomic E-state index is -0.239. The summed E-state index contributed by atoms with van der Waals surface area (Å²) in [6, 6.07) is 23.0. The largest absolute Gasteiger partial charge is 0.497 e. The predicted molar refractivity (Wildman–Crippen MR) is 139 cm³/mol. The average Bonchev–Trinajstić information content (AvgIpc) is 3.26. The van der Waals surface area contributed by atoms with Crippen LogP contribution in [0.15, 0.2) is 72.8 Å². The molecule has 7 nitrogen and oxygen atoms in total. The Morgan fingerprint density at radius 2 is 1.66 bits per heavy atom. The van der Waals surface area contributed by atoms with E-state index in [0.29, 0.717) is 30.0 Å². The van der Waals surface area contributed by atoms with Gasteiger partial charge in [-0.15, -0.1) is 0 Å². The Hall–Kier alpha value is -4.26. The monoisotopic (exact) mass is 468 g/mol. The van der Waals surface area contributed by atoms with Gasteiger partial charge >= 0.3 is 0 Å². The van der Waals surface area contributed by atoms with Gasteiger partial charge in [-0.05, 0) is 49.4 Å². The second kappa shape index (κ2) is 9.54. The van der Waals surface area contributed by atoms with Crippen LogP contribution in [0.3, 0.4) is 0 Å². The standard InChI is InChI=1S/C28H28N4O3/c1-19-6-5-7-20(18-19)27(33)30-25-23-8-3-4-9-24(23)29-26(25)28(34)32-16-14-31(15-17-32)21-10-12-22(35-2)13-11-21/h3-13,18,29H,14-17H2,1-2H3,(H,30,33). The van der Waals surface area contributed by atoms with Crippen LogP contribution in [0, 0.1) is 6.92 Å². The number of H-pyrrole nitrogens is 1. The molecule has 1 aliphatic rings. The number of benzene rings is 3. The number of carbonyl (C=O) groups excluding carboxylic acids is 2. The molecule has 0 spiro atoms. The predicted octanol–water partition coefficient (Wildman–Crippen LogP) is 4.70. The lowest BCUT2D eigenvalue weighted by Gasteiger charge is -2.36. The van der Waals surface area contributed by atoms with Crippen LogP contribution in [0.25, 0.3) is 10.9 Å². The van der Waals surface area contributed by atoms with Crippen molar-refractivity contribution < 1.29 is 14.3 Å². The summed E-state index contributed by atoms with van der Waals surface area (Å²) in [5, 5.41) is 3.82. The highest BCUT2D eigenvalue weighted by atomic mass is 16.5. The summed E-state index contributed by atoms with van der Waals surface area (Å²) < 4.78 is 5.25. The number of aromatic nitrogens is 1. The summed E-state index contributed by atoms with van der Waals surface area (Å²) in [5.74, 6) is 0.466. The Kier molecular flexibility index (Phi) is 6.14. The van der Waals surface area contributed by atoms with Crippen molar-refractivity contribution in [1.29, 1.82) is 0 Å². The van der Waals surface area contributed by atoms with E-state index in [9.17, 15) is 9.59 Å². The first-order valence-electron chi connectivity index (χ1n) is 11.7. The van der Waals surface area contributed by atoms with Crippen LogP contribution in [0.2, 0.25) is 0 Å². The number of carbonyl (C=O) groups is 2. The van der Waals surface area contributed by atoms with Gasteiger partial charge in [0.1, 0.15) is 11.4 Å². The molecule has 2 N–H and O–H groups in total. The number of aromatic amines is 1. The molecular formula is C28H28N4O3. The number of methoxy groups -OCH3 is 1. The van der Waals surface area contributed by atoms with Crippen LogP contribution in [-0.2, 0) is 0 Å². The number of para-hydroxylation sites is 1. The fraction of sp³-hybridized carbons (Fsp3) is 0.214. The van der Waals surface area contributed by atoms with Gasteiger partial charge in [-0.1, -0.05) is 35.9 Å². The first-order valence-corrected chi connectivity index (χ1v) is 11.7. The Bertz CT molecular complexity index is 1370. The Balaban J connectivity index is 1.36. The summed E-state index contributed by atoms with van der Waals surface area (Å²) in [5.41, 5.74) is 4.41. The molecule has 2 amide bonds. The van der Waals surface area contributed by atoms with Gasteiger partial charge < -0.3 is 24.8 Å². The Labute approximate surface area is 204 Å². The molecule has 1 aromatic heterocycles. The number of ether oxygens (including phenoxy) is 1. The summed E-state index contributed by atoms with van der Waals surface area (Å²) in [6.45, 7) is 4.58. The third-order valence-corrected chi connectivity index (χ3v) is 6.44. The van der Waals surface area contributed by atoms with Crippen molar-refractivity contribution in [2.24, 2.45) is 0 Å². The molecule has 1 aliphatic heterocycles. The van der Waals surface area contributed by atoms with E-state index < -0.39 is 0 Å². The maximum Gasteiger partial charge on any atom is 0.272 e. The number of nitrogens with one attached hydrogen (secondary N) is 2. The smallest absolute Gasteiger partial charge is 0.272 e. The molecule has 0 saturated carbocycles. The fourth-order valence-corrected chi connectivity index (χ4v) is 4.52. The number of fused-ring (bicyclic) bond motifs is 1. The zero-order chi connectivity index (χ0) is 24.4. The highest BCUT2D eigenvalue weighted by Gasteiger charge is 2.27. The van der Waals surface area contributed by atoms with Crippen LogP contribution in [0.5, 0.6) is 5.75 Å². The van der Waals surface area contributed by atoms with Crippen LogP contribution < -0.4 is 15.0 Å². The molecule has 1 saturated heterocycles. The molecule has 35 heavy (non-hydrogen) atoms. The molecule has 2 heterocycles. The van der Waals surface area contributed by atoms with Crippen molar-refractivity contribution in [3.63, 3.8) is 0 Å². The Morgan fingerprint density at radius 1 is 0.914 bits per heavy atom. The van der Waals surface area contributed by atoms with E-state index >= 15 is 0 Å². The van der Waals surface area contributed by atoms with E-state index in [4.69, 9.17) is 4.74 Å². The zero-order valence-corrected chi connectivity index (χ0v) is 19.9. The molecule has 4 aromatic rings. The van der Waals surface area contributed by atoms with Crippen molar-refractivity contribution in [3.8, 4) is 5.75 Å². The number of anilines is 2. The average molecular weight is 469 g/mol. The van der Waals surface area contributed by atoms with Crippen molar-refractivity contribution in [3.05, 3.63) is 89.6 Å². The van der Waals surface area contributed by atoms with Crippen molar-refractivity contribution >= 4 is 34.1 Å². The molecule has 0 unspecified atom stereocenters. The van der Waals surface area contributed by atoms with Crippen molar-refractivity contribution in [1.82, 2.24) is 9.88 Å². The van der Waals surface area contributed by atoms with Gasteiger partial charge in [-0.25, -0.2) is 0 Å². The number of rotatable bonds is 5. The molecule has 0 bridgehead atoms. The van der Waals surface area contributed by atoms with Crippen LogP contribution in [0.1, 0.15) is 26.4 Å². The van der Waals surface area contributed by atoms with Gasteiger partial charge in [-0.2, -0.15) is 0 Å². The van der Waals surface area contributed by atoms with E-state index in [1.807, 2.05) is 78.6 Å². The van der Waals surface area contributed by atoms with E-state index in [0.717, 1.165) is 41.0 Å². The second-order valence-electron chi connectivity index (χ2n) is 8.72. The lowest BCUT2D eigenvalue weighted by molar-refractivity contribution is 0.0743. The molecule has 1 fully saturated rings. The third-order valence-electron chi connectivity index (χ3n) is 6.44. The fourth-order valence-electron chi connectivity index (χ4n) is 4.52. The number of aryl methyl sites for hydroxylation is 1. The minimum Gasteiger partial charge on any atom is -0.497 e. The lowest BCUT2D eigenvalue weighted by Crippen LogP contribution is -2.49. The maximum atomic E-state index is 13.6. The summed E-state index contributed by atoms with van der Waals surface area (Å²) >= 11 is 0. The second-order valence-corrected chi connectivity index (χ2v) is 8.72. The van der Waals surface area contributed by atoms with Crippen LogP contribution in [0.4, 0.5) is 11.4 Å². The molecule has 0 aliphatic carbocycles. The molecule has 3 aromatic carbocycles. The summed E-state index contributed by atoms with van der Waals surface area (Å²) in [4.78, 5) is 34.0. The number of nitrogens with zero attached hydrogens (tertiary/aromatic N) is 2. The Morgan fingerprint density at radius 3 is 2.37 bits per heavy atom. The molecular weight excluding hydrogens is 440 g/mol. The van der Waals surface area contributed by atoms with Gasteiger partial charge in [0.2, 0.25) is 0 Å². The summed E-state index contributed by atoms with van der Waals surface area (Å²) in [7, 11) is 1.65. The third kappa shape index (κ3) is 4.57. The number of hydrogen-bond acceptors (Lipinski definition) is 4. The van der Waals surface area contributed by atoms with Gasteiger partial charge in [0.25, 0.3) is 11.8 Å². The number of hydrogen-bond donors (Lipinski definition) is 2. The highest BCUT2D eigenvalue weighted by Crippen LogP contribution is 2.30. The molecule has 0 radical (unpaired) electrons. The maximum absolute atomic E-state index is 13.6. The quantitative estimate of drug-likeness (QED) is 0.445. The van der Waals surface area contributed by atoms with Crippen molar-refractivity contribution in [2.75, 3.05) is 43.5 Å². The van der Waals surface area contributed by atoms with Crippen LogP contribution in [-0.4, -0.2) is 55.0 Å². The molecule has 7 heteroatoms. The number of piperazine rings is 1. The van der Waals surface area contributed by atoms with Gasteiger partial charge in [-0.3, -0.25) is 9.59 Å². The van der Waals surface area contributed by atoms with Gasteiger partial charge in [0.15, 0.2) is 0 Å². The van der Waals surface area contributed by atoms with Crippen LogP contribution >= 0.6 is 0 Å². The summed E-state index contributed by atoms with van der Waals surface area (Å²) in [6.07, 6.45) is 0. The van der Waals surface area contributed by atoms with Crippen molar-refractivity contribution in [2.45, 2.75) is 6.92 Å². The lowest BCUT2D eigenvalue weighted by atomic mass is 10.1. The SMILES string of the molecule is COc1ccc(N2CCN(C(=O)c3[nH]c4ccccc4c3NC(=O)c3cccc(C)c3)CC2)cc1. The topological polar surface area (TPSA) is 77.7 Å². The zero-order valence-electron chi connectivity index (χ0n) is 19.9. The van der Waals surface area contributed by atoms with E-state index in [-0.39, 0.29) is 11.8 Å². The van der Waals surface area contributed by atoms with Gasteiger partial charge in [0, 0.05) is 48.3 Å². The van der Waals surface area contributed by atoms with E-state index in [2.05, 4.69) is 15.2 Å². The normalized spacial score (nSPS) is 13.7. The van der Waals surface area contributed by atoms with Gasteiger partial charge in [0.05, 0.1) is 12.8 Å². The highest BCUT2D eigenvalue weighted by molar-refractivity contribution is 6.15. The first-order chi connectivity index (χ1) is 17.0. The molecule has 178 valence electrons. The molecule has 0 atom stereocenters. The first kappa shape index (κ1) is 22.5. The van der Waals surface area contributed by atoms with E-state index in [1.54, 1.807) is 13.2 Å². The minimum absolute atomic E-state index is 0.116. The molecule has 5 rings (SSSR count). The number of amides is 2. The van der Waals surface area contributed by atoms with E-state index in [1.165, 1.54) is 0 Å².